The van der Waals surface area contributed by atoms with Crippen LogP contribution in [-0.4, -0.2) is 234 Å². The predicted octanol–water partition coefficient (Wildman–Crippen LogP) is 0.166. The van der Waals surface area contributed by atoms with Gasteiger partial charge in [0.25, 0.3) is 0 Å². The minimum absolute atomic E-state index is 0.0507. The topological polar surface area (TPSA) is 402 Å². The molecule has 2 aromatic rings. The highest BCUT2D eigenvalue weighted by Gasteiger charge is 2.52. The van der Waals surface area contributed by atoms with E-state index in [-0.39, 0.29) is 71.7 Å². The van der Waals surface area contributed by atoms with Gasteiger partial charge in [-0.2, -0.15) is 0 Å². The molecule has 5 unspecified atom stereocenters. The lowest BCUT2D eigenvalue weighted by Crippen LogP contribution is -2.58. The lowest BCUT2D eigenvalue weighted by Gasteiger charge is -2.46. The van der Waals surface area contributed by atoms with E-state index in [1.165, 1.54) is 53.9 Å². The van der Waals surface area contributed by atoms with Crippen LogP contribution in [0.3, 0.4) is 0 Å². The zero-order valence-electron chi connectivity index (χ0n) is 47.6. The molecule has 11 N–H and O–H groups in total. The largest absolute Gasteiger partial charge is 0.507 e. The van der Waals surface area contributed by atoms with Gasteiger partial charge < -0.3 is 113 Å². The number of phenols is 2. The van der Waals surface area contributed by atoms with Crippen molar-refractivity contribution in [1.29, 1.82) is 0 Å². The number of aliphatic hydroxyl groups excluding tert-OH is 7. The van der Waals surface area contributed by atoms with Gasteiger partial charge in [-0.3, -0.25) is 19.2 Å². The second-order valence-corrected chi connectivity index (χ2v) is 23.1. The molecule has 0 aromatic heterocycles. The normalized spacial score (nSPS) is 39.8. The number of fused-ring (bicyclic) bond motifs is 2. The zero-order chi connectivity index (χ0) is 60.8. The fourth-order valence-electron chi connectivity index (χ4n) is 11.9. The Hall–Kier alpha value is -4.34. The highest BCUT2D eigenvalue weighted by atomic mass is 16.7. The minimum atomic E-state index is -1.97. The Morgan fingerprint density at radius 1 is 0.711 bits per heavy atom. The summed E-state index contributed by atoms with van der Waals surface area (Å²) in [7, 11) is 1.17. The van der Waals surface area contributed by atoms with Crippen LogP contribution in [-0.2, 0) is 72.9 Å². The van der Waals surface area contributed by atoms with E-state index < -0.39 is 201 Å². The van der Waals surface area contributed by atoms with E-state index in [9.17, 15) is 65.4 Å². The number of carboxylic acid groups (broad SMARTS) is 1. The molecular weight excluding hydrogens is 1100 g/mol. The van der Waals surface area contributed by atoms with Crippen LogP contribution in [0.2, 0.25) is 0 Å². The summed E-state index contributed by atoms with van der Waals surface area (Å²) < 4.78 is 72.2. The van der Waals surface area contributed by atoms with Gasteiger partial charge in [0.2, 0.25) is 6.29 Å². The van der Waals surface area contributed by atoms with Crippen LogP contribution < -0.4 is 4.74 Å². The fraction of sp³-hybridized carbons (Fsp3) is 0.750. The first-order chi connectivity index (χ1) is 39.0. The maximum Gasteiger partial charge on any atom is 0.306 e. The van der Waals surface area contributed by atoms with Gasteiger partial charge in [-0.25, -0.2) is 0 Å². The Morgan fingerprint density at radius 3 is 1.77 bits per heavy atom. The summed E-state index contributed by atoms with van der Waals surface area (Å²) in [5.74, 6) is -6.28. The van der Waals surface area contributed by atoms with Crippen LogP contribution in [0.4, 0.5) is 0 Å². The van der Waals surface area contributed by atoms with E-state index in [4.69, 9.17) is 61.9 Å². The molecule has 0 saturated carbocycles. The molecule has 6 aliphatic rings. The van der Waals surface area contributed by atoms with Crippen molar-refractivity contribution in [2.45, 2.75) is 254 Å². The molecule has 5 saturated heterocycles. The number of methoxy groups -OCH3 is 1. The van der Waals surface area contributed by atoms with Crippen molar-refractivity contribution in [3.05, 3.63) is 28.8 Å². The first kappa shape index (κ1) is 64.7. The third-order valence-electron chi connectivity index (χ3n) is 16.7. The van der Waals surface area contributed by atoms with E-state index >= 15 is 4.79 Å². The van der Waals surface area contributed by atoms with Gasteiger partial charge in [-0.15, -0.1) is 0 Å². The third kappa shape index (κ3) is 14.1. The SMILES string of the molecule is CO[C@H](C(=O)[C@@H](O)[C@@H](C)O)[C@@H]1Cc2cc3cc(O[C@H]4C[C@@H](O[C@H]5C[C@@H](O)[C@H](OC(=O)CCC(=O)O)C(C)O5)[C@H](O)C(C)O4)c(C)c(O)c3c(O)c2C(=O)[C@H]1O[C@H]1C[C@@H](O[C@H]2C[C@@H](O[C@H]3C[C@](C)(O)[C@H](O)C(C)O3)[C@@H](O)C(C)O2)[C@H](O)C(C)O1. The van der Waals surface area contributed by atoms with E-state index in [2.05, 4.69) is 0 Å². The molecule has 5 heterocycles. The summed E-state index contributed by atoms with van der Waals surface area (Å²) in [6, 6.07) is 2.97. The summed E-state index contributed by atoms with van der Waals surface area (Å²) in [6.45, 7) is 11.9. The van der Waals surface area contributed by atoms with E-state index in [1.807, 2.05) is 0 Å². The van der Waals surface area contributed by atoms with E-state index in [0.717, 1.165) is 0 Å². The molecule has 5 aliphatic heterocycles. The number of hydrogen-bond donors (Lipinski definition) is 11. The number of hydrogen-bond acceptors (Lipinski definition) is 26. The van der Waals surface area contributed by atoms with E-state index in [1.54, 1.807) is 20.8 Å². The Kier molecular flexibility index (Phi) is 20.5. The van der Waals surface area contributed by atoms with Crippen LogP contribution >= 0.6 is 0 Å². The molecular formula is C56H80O27. The number of ketones is 2. The first-order valence-corrected chi connectivity index (χ1v) is 28.1. The van der Waals surface area contributed by atoms with Crippen LogP contribution in [0.1, 0.15) is 115 Å². The highest BCUT2D eigenvalue weighted by molar-refractivity contribution is 6.11. The number of carboxylic acids is 1. The van der Waals surface area contributed by atoms with Crippen molar-refractivity contribution in [1.82, 2.24) is 0 Å². The monoisotopic (exact) mass is 1180 g/mol. The third-order valence-corrected chi connectivity index (χ3v) is 16.7. The van der Waals surface area contributed by atoms with Crippen molar-refractivity contribution in [2.75, 3.05) is 7.11 Å². The van der Waals surface area contributed by atoms with Gasteiger partial charge in [0.15, 0.2) is 42.8 Å². The molecule has 5 fully saturated rings. The van der Waals surface area contributed by atoms with Crippen LogP contribution in [0.15, 0.2) is 12.1 Å². The molecule has 0 radical (unpaired) electrons. The number of rotatable bonds is 19. The van der Waals surface area contributed by atoms with Gasteiger partial charge >= 0.3 is 11.9 Å². The van der Waals surface area contributed by atoms with Gasteiger partial charge in [-0.05, 0) is 84.9 Å². The number of carbonyl (C=O) groups is 4. The Labute approximate surface area is 478 Å². The molecule has 27 heteroatoms. The number of aliphatic hydroxyl groups is 8. The number of benzene rings is 2. The fourth-order valence-corrected chi connectivity index (χ4v) is 11.9. The molecule has 25 atom stereocenters. The highest BCUT2D eigenvalue weighted by Crippen LogP contribution is 2.48. The lowest BCUT2D eigenvalue weighted by atomic mass is 9.75. The van der Waals surface area contributed by atoms with Crippen molar-refractivity contribution in [3.8, 4) is 17.2 Å². The van der Waals surface area contributed by atoms with Crippen LogP contribution in [0.5, 0.6) is 17.2 Å². The maximum atomic E-state index is 15.1. The summed E-state index contributed by atoms with van der Waals surface area (Å²) >= 11 is 0. The average molecular weight is 1190 g/mol. The van der Waals surface area contributed by atoms with E-state index in [0.29, 0.717) is 0 Å². The van der Waals surface area contributed by atoms with Crippen molar-refractivity contribution < 1.29 is 132 Å². The molecule has 83 heavy (non-hydrogen) atoms. The quantitative estimate of drug-likeness (QED) is 0.0835. The van der Waals surface area contributed by atoms with Gasteiger partial charge in [0.05, 0.1) is 90.4 Å². The van der Waals surface area contributed by atoms with Crippen molar-refractivity contribution >= 4 is 34.3 Å². The second kappa shape index (κ2) is 26.3. The second-order valence-electron chi connectivity index (χ2n) is 23.1. The zero-order valence-corrected chi connectivity index (χ0v) is 47.6. The summed E-state index contributed by atoms with van der Waals surface area (Å²) in [6.07, 6.45) is -29.2. The molecule has 1 aliphatic carbocycles. The standard InChI is InChI=1S/C56H80O27/c1-20-31(78-38-16-32(46(64)22(3)73-38)79-37-15-30(58)52(25(6)76-37)82-36(61)11-10-35(59)60)14-28-12-27-13-29(53(72-9)51(69)45(63)21(2)57)54(50(68)43(27)49(67)42(28)44(20)62)83-40-18-33(47(65)24(5)75-40)80-39-17-34(48(66)23(4)74-39)81-41-19-56(8,71)55(70)26(7)77-41/h12,14,21-26,29-30,32-34,37-41,45-48,52-55,57-58,62-67,70-71H,10-11,13,15-19H2,1-9H3,(H,59,60)/t21-,22?,23?,24?,25?,26?,29+,30-,32-,33-,34-,37+,38+,39+,40+,41+,45+,46-,47-,48+,52-,53+,54+,55-,56+/m1/s1. The smallest absolute Gasteiger partial charge is 0.306 e. The number of esters is 1. The Balaban J connectivity index is 1.01. The van der Waals surface area contributed by atoms with Crippen LogP contribution in [0.25, 0.3) is 10.8 Å². The number of ether oxygens (including phenoxy) is 12. The lowest BCUT2D eigenvalue weighted by molar-refractivity contribution is -0.334. The predicted molar refractivity (Wildman–Crippen MR) is 279 cm³/mol. The van der Waals surface area contributed by atoms with Crippen molar-refractivity contribution in [2.24, 2.45) is 5.92 Å². The summed E-state index contributed by atoms with van der Waals surface area (Å²) in [4.78, 5) is 52.2. The summed E-state index contributed by atoms with van der Waals surface area (Å²) in [5.41, 5.74) is -1.59. The molecule has 2 aromatic carbocycles. The number of Topliss-reactive ketones (excluding diaryl/α,β-unsaturated/α-hetero) is 2. The molecule has 27 nitrogen and oxygen atoms in total. The van der Waals surface area contributed by atoms with Gasteiger partial charge in [0.1, 0.15) is 60.0 Å². The van der Waals surface area contributed by atoms with Gasteiger partial charge in [-0.1, -0.05) is 0 Å². The molecule has 0 amide bonds. The number of aliphatic carboxylic acids is 1. The molecule has 466 valence electrons. The molecule has 8 rings (SSSR count). The van der Waals surface area contributed by atoms with Gasteiger partial charge in [0, 0.05) is 50.7 Å². The van der Waals surface area contributed by atoms with Crippen LogP contribution in [0, 0.1) is 12.8 Å². The maximum absolute atomic E-state index is 15.1. The first-order valence-electron chi connectivity index (χ1n) is 28.1. The number of carbonyl (C=O) groups excluding carboxylic acids is 3. The molecule has 0 bridgehead atoms. The Morgan fingerprint density at radius 2 is 1.23 bits per heavy atom. The number of aromatic hydroxyl groups is 2. The number of phenolic OH excluding ortho intramolecular Hbond substituents is 2. The minimum Gasteiger partial charge on any atom is -0.507 e. The molecule has 0 spiro atoms. The van der Waals surface area contributed by atoms with Crippen molar-refractivity contribution in [3.63, 3.8) is 0 Å². The average Bonchev–Trinajstić information content (AvgIpc) is 3.14. The summed E-state index contributed by atoms with van der Waals surface area (Å²) in [5, 5.41) is 120. The Bertz CT molecular complexity index is 2620.